The molecule has 0 spiro atoms. The van der Waals surface area contributed by atoms with E-state index in [1.807, 2.05) is 0 Å². The molecule has 1 amide bonds. The van der Waals surface area contributed by atoms with Crippen LogP contribution in [0.5, 0.6) is 5.75 Å². The predicted octanol–water partition coefficient (Wildman–Crippen LogP) is 2.91. The minimum absolute atomic E-state index is 0.339. The van der Waals surface area contributed by atoms with Crippen molar-refractivity contribution >= 4 is 17.9 Å². The van der Waals surface area contributed by atoms with Gasteiger partial charge in [-0.3, -0.25) is 5.32 Å². The molecule has 86 valence electrons. The molecule has 1 N–H and O–H groups in total. The van der Waals surface area contributed by atoms with Gasteiger partial charge in [0.1, 0.15) is 5.75 Å². The number of ether oxygens (including phenoxy) is 2. The summed E-state index contributed by atoms with van der Waals surface area (Å²) in [5.41, 5.74) is 1.43. The maximum Gasteiger partial charge on any atom is 0.411 e. The zero-order valence-electron chi connectivity index (χ0n) is 9.45. The van der Waals surface area contributed by atoms with Gasteiger partial charge in [-0.1, -0.05) is 12.7 Å². The number of methoxy groups -OCH3 is 1. The minimum Gasteiger partial charge on any atom is -0.497 e. The van der Waals surface area contributed by atoms with Crippen LogP contribution in [-0.4, -0.2) is 19.8 Å². The molecular weight excluding hydrogens is 206 g/mol. The molecule has 0 aliphatic carbocycles. The van der Waals surface area contributed by atoms with Crippen molar-refractivity contribution in [2.75, 3.05) is 19.0 Å². The van der Waals surface area contributed by atoms with Gasteiger partial charge in [-0.25, -0.2) is 4.79 Å². The Kier molecular flexibility index (Phi) is 4.39. The summed E-state index contributed by atoms with van der Waals surface area (Å²) in [5, 5.41) is 2.63. The second-order valence-corrected chi connectivity index (χ2v) is 3.00. The van der Waals surface area contributed by atoms with Crippen LogP contribution in [-0.2, 0) is 4.74 Å². The molecule has 0 unspecified atom stereocenters. The standard InChI is InChI=1S/C12H15NO3/c1-4-9-8-10(15-3)6-7-11(9)13-12(14)16-5-2/h4,6-8H,1,5H2,2-3H3,(H,13,14). The fraction of sp³-hybridized carbons (Fsp3) is 0.250. The summed E-state index contributed by atoms with van der Waals surface area (Å²) < 4.78 is 9.86. The van der Waals surface area contributed by atoms with Crippen LogP contribution in [0.15, 0.2) is 24.8 Å². The van der Waals surface area contributed by atoms with Crippen molar-refractivity contribution in [1.29, 1.82) is 0 Å². The van der Waals surface area contributed by atoms with Crippen LogP contribution in [0.3, 0.4) is 0 Å². The maximum absolute atomic E-state index is 11.2. The minimum atomic E-state index is -0.476. The van der Waals surface area contributed by atoms with E-state index in [-0.39, 0.29) is 0 Å². The van der Waals surface area contributed by atoms with Crippen molar-refractivity contribution in [3.8, 4) is 5.75 Å². The number of carbonyl (C=O) groups excluding carboxylic acids is 1. The first-order valence-electron chi connectivity index (χ1n) is 4.95. The van der Waals surface area contributed by atoms with Gasteiger partial charge in [0.25, 0.3) is 0 Å². The number of amides is 1. The van der Waals surface area contributed by atoms with E-state index in [2.05, 4.69) is 11.9 Å². The van der Waals surface area contributed by atoms with Gasteiger partial charge in [-0.05, 0) is 25.1 Å². The second-order valence-electron chi connectivity index (χ2n) is 3.00. The van der Waals surface area contributed by atoms with E-state index in [0.717, 1.165) is 5.56 Å². The number of hydrogen-bond acceptors (Lipinski definition) is 3. The number of anilines is 1. The van der Waals surface area contributed by atoms with Crippen molar-refractivity contribution in [1.82, 2.24) is 0 Å². The fourth-order valence-corrected chi connectivity index (χ4v) is 1.23. The normalized spacial score (nSPS) is 9.38. The highest BCUT2D eigenvalue weighted by atomic mass is 16.5. The lowest BCUT2D eigenvalue weighted by Crippen LogP contribution is -2.14. The lowest BCUT2D eigenvalue weighted by molar-refractivity contribution is 0.168. The van der Waals surface area contributed by atoms with Gasteiger partial charge in [-0.2, -0.15) is 0 Å². The molecule has 1 rings (SSSR count). The van der Waals surface area contributed by atoms with Gasteiger partial charge >= 0.3 is 6.09 Å². The molecule has 0 bridgehead atoms. The van der Waals surface area contributed by atoms with Crippen LogP contribution in [0.25, 0.3) is 6.08 Å². The summed E-state index contributed by atoms with van der Waals surface area (Å²) in [6.07, 6.45) is 1.17. The molecule has 1 aromatic carbocycles. The van der Waals surface area contributed by atoms with Gasteiger partial charge < -0.3 is 9.47 Å². The van der Waals surface area contributed by atoms with E-state index in [1.54, 1.807) is 38.3 Å². The average molecular weight is 221 g/mol. The SMILES string of the molecule is C=Cc1cc(OC)ccc1NC(=O)OCC. The number of rotatable bonds is 4. The fourth-order valence-electron chi connectivity index (χ4n) is 1.23. The molecule has 4 nitrogen and oxygen atoms in total. The Morgan fingerprint density at radius 1 is 1.56 bits per heavy atom. The van der Waals surface area contributed by atoms with E-state index in [0.29, 0.717) is 18.0 Å². The second kappa shape index (κ2) is 5.80. The molecule has 16 heavy (non-hydrogen) atoms. The summed E-state index contributed by atoms with van der Waals surface area (Å²) in [4.78, 5) is 11.2. The Morgan fingerprint density at radius 2 is 2.31 bits per heavy atom. The zero-order chi connectivity index (χ0) is 12.0. The molecule has 0 heterocycles. The number of carbonyl (C=O) groups is 1. The third-order valence-electron chi connectivity index (χ3n) is 1.99. The molecule has 0 aliphatic heterocycles. The van der Waals surface area contributed by atoms with Crippen molar-refractivity contribution in [3.05, 3.63) is 30.3 Å². The Bertz CT molecular complexity index is 388. The van der Waals surface area contributed by atoms with Crippen molar-refractivity contribution in [3.63, 3.8) is 0 Å². The molecule has 0 saturated heterocycles. The molecule has 0 saturated carbocycles. The smallest absolute Gasteiger partial charge is 0.411 e. The molecule has 4 heteroatoms. The van der Waals surface area contributed by atoms with E-state index in [1.165, 1.54) is 0 Å². The summed E-state index contributed by atoms with van der Waals surface area (Å²) in [7, 11) is 1.58. The number of benzene rings is 1. The number of nitrogens with one attached hydrogen (secondary N) is 1. The molecule has 0 aromatic heterocycles. The Balaban J connectivity index is 2.87. The van der Waals surface area contributed by atoms with Crippen molar-refractivity contribution in [2.24, 2.45) is 0 Å². The lowest BCUT2D eigenvalue weighted by Gasteiger charge is -2.09. The largest absolute Gasteiger partial charge is 0.497 e. The first kappa shape index (κ1) is 12.1. The molecular formula is C12H15NO3. The van der Waals surface area contributed by atoms with Gasteiger partial charge in [0, 0.05) is 5.56 Å². The monoisotopic (exact) mass is 221 g/mol. The predicted molar refractivity (Wildman–Crippen MR) is 63.7 cm³/mol. The Morgan fingerprint density at radius 3 is 2.88 bits per heavy atom. The Labute approximate surface area is 94.9 Å². The summed E-state index contributed by atoms with van der Waals surface area (Å²) in [6, 6.07) is 5.29. The molecule has 0 fully saturated rings. The third kappa shape index (κ3) is 3.02. The van der Waals surface area contributed by atoms with Crippen LogP contribution in [0.1, 0.15) is 12.5 Å². The highest BCUT2D eigenvalue weighted by Crippen LogP contribution is 2.23. The molecule has 1 aromatic rings. The van der Waals surface area contributed by atoms with Crippen molar-refractivity contribution in [2.45, 2.75) is 6.92 Å². The van der Waals surface area contributed by atoms with E-state index in [9.17, 15) is 4.79 Å². The first-order chi connectivity index (χ1) is 7.71. The first-order valence-corrected chi connectivity index (χ1v) is 4.95. The molecule has 0 aliphatic rings. The van der Waals surface area contributed by atoms with Crippen LogP contribution < -0.4 is 10.1 Å². The lowest BCUT2D eigenvalue weighted by atomic mass is 10.1. The quantitative estimate of drug-likeness (QED) is 0.850. The van der Waals surface area contributed by atoms with Gasteiger partial charge in [-0.15, -0.1) is 0 Å². The highest BCUT2D eigenvalue weighted by molar-refractivity contribution is 5.88. The van der Waals surface area contributed by atoms with Crippen molar-refractivity contribution < 1.29 is 14.3 Å². The van der Waals surface area contributed by atoms with E-state index >= 15 is 0 Å². The Hall–Kier alpha value is -1.97. The summed E-state index contributed by atoms with van der Waals surface area (Å²) in [5.74, 6) is 0.712. The molecule has 0 atom stereocenters. The average Bonchev–Trinajstić information content (AvgIpc) is 2.30. The highest BCUT2D eigenvalue weighted by Gasteiger charge is 2.06. The van der Waals surface area contributed by atoms with Gasteiger partial charge in [0.15, 0.2) is 0 Å². The van der Waals surface area contributed by atoms with Gasteiger partial charge in [0.2, 0.25) is 0 Å². The van der Waals surface area contributed by atoms with Crippen LogP contribution in [0.2, 0.25) is 0 Å². The molecule has 0 radical (unpaired) electrons. The third-order valence-corrected chi connectivity index (χ3v) is 1.99. The number of hydrogen-bond donors (Lipinski definition) is 1. The topological polar surface area (TPSA) is 47.6 Å². The summed E-state index contributed by atoms with van der Waals surface area (Å²) in [6.45, 7) is 5.76. The van der Waals surface area contributed by atoms with E-state index < -0.39 is 6.09 Å². The summed E-state index contributed by atoms with van der Waals surface area (Å²) >= 11 is 0. The van der Waals surface area contributed by atoms with Crippen LogP contribution >= 0.6 is 0 Å². The van der Waals surface area contributed by atoms with Crippen LogP contribution in [0.4, 0.5) is 10.5 Å². The van der Waals surface area contributed by atoms with Crippen LogP contribution in [0, 0.1) is 0 Å². The van der Waals surface area contributed by atoms with E-state index in [4.69, 9.17) is 9.47 Å². The van der Waals surface area contributed by atoms with Gasteiger partial charge in [0.05, 0.1) is 19.4 Å². The zero-order valence-corrected chi connectivity index (χ0v) is 9.45. The maximum atomic E-state index is 11.2.